The van der Waals surface area contributed by atoms with E-state index in [4.69, 9.17) is 4.99 Å². The van der Waals surface area contributed by atoms with Gasteiger partial charge in [-0.25, -0.2) is 4.99 Å². The Kier molecular flexibility index (Phi) is 3.60. The molecule has 0 aromatic heterocycles. The number of carbonyl (C=O) groups excluding carboxylic acids is 1. The van der Waals surface area contributed by atoms with Crippen molar-refractivity contribution >= 4 is 17.6 Å². The normalized spacial score (nSPS) is 19.4. The fraction of sp³-hybridized carbons (Fsp3) is 0.300. The van der Waals surface area contributed by atoms with E-state index in [9.17, 15) is 4.79 Å². The first-order valence-corrected chi connectivity index (χ1v) is 8.43. The quantitative estimate of drug-likeness (QED) is 0.867. The second-order valence-corrected chi connectivity index (χ2v) is 6.77. The third kappa shape index (κ3) is 2.39. The average molecular weight is 319 g/mol. The van der Waals surface area contributed by atoms with E-state index in [0.29, 0.717) is 6.54 Å². The molecule has 2 aliphatic heterocycles. The van der Waals surface area contributed by atoms with Gasteiger partial charge in [0.25, 0.3) is 5.91 Å². The summed E-state index contributed by atoms with van der Waals surface area (Å²) in [4.78, 5) is 21.9. The minimum atomic E-state index is -0.138. The molecule has 1 amide bonds. The summed E-state index contributed by atoms with van der Waals surface area (Å²) in [6.45, 7) is 5.52. The lowest BCUT2D eigenvalue weighted by Gasteiger charge is -2.30. The van der Waals surface area contributed by atoms with Crippen LogP contribution in [0.25, 0.3) is 0 Å². The van der Waals surface area contributed by atoms with Crippen molar-refractivity contribution < 1.29 is 4.79 Å². The summed E-state index contributed by atoms with van der Waals surface area (Å²) >= 11 is 0. The molecule has 1 saturated heterocycles. The van der Waals surface area contributed by atoms with Crippen LogP contribution in [0, 0.1) is 5.92 Å². The number of rotatable bonds is 3. The molecule has 24 heavy (non-hydrogen) atoms. The Morgan fingerprint density at radius 3 is 2.54 bits per heavy atom. The lowest BCUT2D eigenvalue weighted by molar-refractivity contribution is -0.129. The van der Waals surface area contributed by atoms with Crippen molar-refractivity contribution in [1.29, 1.82) is 0 Å². The van der Waals surface area contributed by atoms with E-state index < -0.39 is 0 Å². The Hall–Kier alpha value is -2.62. The Bertz CT molecular complexity index is 798. The Morgan fingerprint density at radius 1 is 1.08 bits per heavy atom. The number of aliphatic imine (C=N–C) groups is 1. The zero-order chi connectivity index (χ0) is 16.7. The molecule has 1 unspecified atom stereocenters. The number of amides is 1. The Balaban J connectivity index is 1.75. The van der Waals surface area contributed by atoms with Crippen molar-refractivity contribution in [2.45, 2.75) is 33.0 Å². The SMILES string of the molecule is CC(C)C1C(=O)N(Cc2ccccc2)C2=Nc3ccccc3CN21. The second-order valence-electron chi connectivity index (χ2n) is 6.77. The molecular formula is C20H21N3O. The predicted octanol–water partition coefficient (Wildman–Crippen LogP) is 3.56. The highest BCUT2D eigenvalue weighted by atomic mass is 16.2. The molecule has 4 rings (SSSR count). The number of para-hydroxylation sites is 1. The van der Waals surface area contributed by atoms with Crippen LogP contribution in [0.3, 0.4) is 0 Å². The van der Waals surface area contributed by atoms with E-state index in [0.717, 1.165) is 23.8 Å². The van der Waals surface area contributed by atoms with E-state index in [1.807, 2.05) is 41.3 Å². The minimum Gasteiger partial charge on any atom is -0.325 e. The third-order valence-electron chi connectivity index (χ3n) is 4.72. The number of benzene rings is 2. The van der Waals surface area contributed by atoms with Crippen LogP contribution < -0.4 is 0 Å². The maximum absolute atomic E-state index is 13.1. The van der Waals surface area contributed by atoms with Crippen LogP contribution in [-0.4, -0.2) is 27.7 Å². The number of carbonyl (C=O) groups is 1. The highest BCUT2D eigenvalue weighted by molar-refractivity contribution is 6.07. The van der Waals surface area contributed by atoms with Crippen molar-refractivity contribution in [1.82, 2.24) is 9.80 Å². The molecule has 4 nitrogen and oxygen atoms in total. The molecule has 0 aliphatic carbocycles. The molecule has 0 N–H and O–H groups in total. The van der Waals surface area contributed by atoms with Gasteiger partial charge in [0.05, 0.1) is 12.2 Å². The first-order chi connectivity index (χ1) is 11.6. The highest BCUT2D eigenvalue weighted by Gasteiger charge is 2.46. The smallest absolute Gasteiger partial charge is 0.252 e. The molecule has 4 heteroatoms. The summed E-state index contributed by atoms with van der Waals surface area (Å²) in [5.74, 6) is 1.19. The zero-order valence-electron chi connectivity index (χ0n) is 14.0. The van der Waals surface area contributed by atoms with Gasteiger partial charge in [-0.2, -0.15) is 0 Å². The molecule has 2 aromatic carbocycles. The maximum atomic E-state index is 13.1. The molecule has 1 atom stereocenters. The fourth-order valence-corrected chi connectivity index (χ4v) is 3.57. The van der Waals surface area contributed by atoms with E-state index in [1.165, 1.54) is 5.56 Å². The summed E-state index contributed by atoms with van der Waals surface area (Å²) < 4.78 is 0. The summed E-state index contributed by atoms with van der Waals surface area (Å²) in [6.07, 6.45) is 0. The topological polar surface area (TPSA) is 35.9 Å². The molecule has 0 saturated carbocycles. The lowest BCUT2D eigenvalue weighted by Crippen LogP contribution is -2.40. The molecule has 2 aliphatic rings. The lowest BCUT2D eigenvalue weighted by atomic mass is 10.0. The molecule has 0 radical (unpaired) electrons. The van der Waals surface area contributed by atoms with Crippen LogP contribution in [0.5, 0.6) is 0 Å². The van der Waals surface area contributed by atoms with Crippen LogP contribution in [0.4, 0.5) is 5.69 Å². The molecule has 0 spiro atoms. The van der Waals surface area contributed by atoms with Crippen LogP contribution in [-0.2, 0) is 17.9 Å². The van der Waals surface area contributed by atoms with Gasteiger partial charge < -0.3 is 4.90 Å². The van der Waals surface area contributed by atoms with Gasteiger partial charge >= 0.3 is 0 Å². The first-order valence-electron chi connectivity index (χ1n) is 8.43. The summed E-state index contributed by atoms with van der Waals surface area (Å²) in [5.41, 5.74) is 3.28. The van der Waals surface area contributed by atoms with Crippen LogP contribution >= 0.6 is 0 Å². The standard InChI is InChI=1S/C20H21N3O/c1-14(2)18-19(24)23(12-15-8-4-3-5-9-15)20-21-17-11-7-6-10-16(17)13-22(18)20/h3-11,14,18H,12-13H2,1-2H3. The van der Waals surface area contributed by atoms with Gasteiger partial charge in [-0.15, -0.1) is 0 Å². The van der Waals surface area contributed by atoms with E-state index >= 15 is 0 Å². The van der Waals surface area contributed by atoms with E-state index in [-0.39, 0.29) is 17.9 Å². The minimum absolute atomic E-state index is 0.138. The summed E-state index contributed by atoms with van der Waals surface area (Å²) in [6, 6.07) is 18.1. The van der Waals surface area contributed by atoms with Gasteiger partial charge in [-0.3, -0.25) is 9.69 Å². The van der Waals surface area contributed by atoms with Crippen LogP contribution in [0.15, 0.2) is 59.6 Å². The van der Waals surface area contributed by atoms with Gasteiger partial charge in [0.15, 0.2) is 0 Å². The Morgan fingerprint density at radius 2 is 1.79 bits per heavy atom. The number of fused-ring (bicyclic) bond motifs is 2. The van der Waals surface area contributed by atoms with Gasteiger partial charge in [-0.05, 0) is 23.1 Å². The molecule has 122 valence electrons. The second kappa shape index (κ2) is 5.78. The monoisotopic (exact) mass is 319 g/mol. The number of guanidine groups is 1. The van der Waals surface area contributed by atoms with Crippen molar-refractivity contribution in [3.8, 4) is 0 Å². The van der Waals surface area contributed by atoms with E-state index in [1.54, 1.807) is 0 Å². The van der Waals surface area contributed by atoms with Gasteiger partial charge in [-0.1, -0.05) is 62.4 Å². The third-order valence-corrected chi connectivity index (χ3v) is 4.72. The molecule has 1 fully saturated rings. The van der Waals surface area contributed by atoms with Crippen molar-refractivity contribution in [3.05, 3.63) is 65.7 Å². The molecule has 2 heterocycles. The highest BCUT2D eigenvalue weighted by Crippen LogP contribution is 2.34. The Labute approximate surface area is 142 Å². The maximum Gasteiger partial charge on any atom is 0.252 e. The fourth-order valence-electron chi connectivity index (χ4n) is 3.57. The molecule has 0 bridgehead atoms. The summed E-state index contributed by atoms with van der Waals surface area (Å²) in [7, 11) is 0. The van der Waals surface area contributed by atoms with Crippen molar-refractivity contribution in [3.63, 3.8) is 0 Å². The molecule has 2 aromatic rings. The largest absolute Gasteiger partial charge is 0.325 e. The van der Waals surface area contributed by atoms with E-state index in [2.05, 4.69) is 36.9 Å². The number of hydrogen-bond donors (Lipinski definition) is 0. The molecular weight excluding hydrogens is 298 g/mol. The first kappa shape index (κ1) is 14.9. The van der Waals surface area contributed by atoms with Crippen molar-refractivity contribution in [2.24, 2.45) is 10.9 Å². The average Bonchev–Trinajstić information content (AvgIpc) is 2.85. The van der Waals surface area contributed by atoms with Gasteiger partial charge in [0.2, 0.25) is 5.96 Å². The number of nitrogens with zero attached hydrogens (tertiary/aromatic N) is 3. The van der Waals surface area contributed by atoms with Crippen LogP contribution in [0.1, 0.15) is 25.0 Å². The number of hydrogen-bond acceptors (Lipinski definition) is 3. The van der Waals surface area contributed by atoms with Crippen molar-refractivity contribution in [2.75, 3.05) is 0 Å². The van der Waals surface area contributed by atoms with Gasteiger partial charge in [0.1, 0.15) is 6.04 Å². The van der Waals surface area contributed by atoms with Gasteiger partial charge in [0, 0.05) is 6.54 Å². The zero-order valence-corrected chi connectivity index (χ0v) is 14.0. The van der Waals surface area contributed by atoms with Crippen LogP contribution in [0.2, 0.25) is 0 Å². The predicted molar refractivity (Wildman–Crippen MR) is 94.7 cm³/mol. The summed E-state index contributed by atoms with van der Waals surface area (Å²) in [5, 5.41) is 0.